The van der Waals surface area contributed by atoms with Gasteiger partial charge in [-0.05, 0) is 6.92 Å². The topological polar surface area (TPSA) is 43.1 Å². The minimum atomic E-state index is -0.796. The molecule has 0 amide bonds. The summed E-state index contributed by atoms with van der Waals surface area (Å²) in [6.45, 7) is 4.70. The van der Waals surface area contributed by atoms with E-state index < -0.39 is 6.04 Å². The highest BCUT2D eigenvalue weighted by molar-refractivity contribution is 5.57. The molecule has 0 fully saturated rings. The van der Waals surface area contributed by atoms with Crippen LogP contribution in [0.25, 0.3) is 0 Å². The van der Waals surface area contributed by atoms with Gasteiger partial charge in [0.1, 0.15) is 6.29 Å². The zero-order valence-electron chi connectivity index (χ0n) is 2.72. The molecule has 0 aromatic carbocycles. The lowest BCUT2D eigenvalue weighted by molar-refractivity contribution is -0.108. The molecule has 0 aromatic heterocycles. The summed E-state index contributed by atoms with van der Waals surface area (Å²) in [6.07, 6.45) is 0.472. The second kappa shape index (κ2) is 1.91. The third-order valence-electron chi connectivity index (χ3n) is 0.157. The summed E-state index contributed by atoms with van der Waals surface area (Å²) in [5, 5.41) is 0. The van der Waals surface area contributed by atoms with Crippen molar-refractivity contribution in [2.45, 2.75) is 6.04 Å². The summed E-state index contributed by atoms with van der Waals surface area (Å²) in [5.41, 5.74) is 4.70. The van der Waals surface area contributed by atoms with Crippen molar-refractivity contribution in [3.8, 4) is 0 Å². The Bertz CT molecular complexity index is 33.9. The van der Waals surface area contributed by atoms with Crippen LogP contribution in [-0.4, -0.2) is 12.3 Å². The lowest BCUT2D eigenvalue weighted by atomic mass is 10.4. The van der Waals surface area contributed by atoms with E-state index in [0.29, 0.717) is 6.29 Å². The first-order valence-corrected chi connectivity index (χ1v) is 1.24. The van der Waals surface area contributed by atoms with Gasteiger partial charge in [-0.15, -0.1) is 0 Å². The molecule has 0 aliphatic rings. The average molecular weight is 71.1 g/mol. The summed E-state index contributed by atoms with van der Waals surface area (Å²) < 4.78 is 0. The Morgan fingerprint density at radius 1 is 2.00 bits per heavy atom. The zero-order chi connectivity index (χ0) is 4.28. The molecule has 2 nitrogen and oxygen atoms in total. The molecule has 0 saturated carbocycles. The second-order valence-electron chi connectivity index (χ2n) is 0.713. The summed E-state index contributed by atoms with van der Waals surface area (Å²) in [6, 6.07) is -0.796. The van der Waals surface area contributed by atoms with Gasteiger partial charge < -0.3 is 10.5 Å². The molecule has 2 N–H and O–H groups in total. The van der Waals surface area contributed by atoms with Crippen molar-refractivity contribution >= 4 is 6.29 Å². The maximum atomic E-state index is 9.25. The molecule has 0 aliphatic carbocycles. The van der Waals surface area contributed by atoms with Gasteiger partial charge in [-0.25, -0.2) is 0 Å². The number of nitrogens with two attached hydrogens (primary N) is 1. The Labute approximate surface area is 31.0 Å². The van der Waals surface area contributed by atoms with Crippen LogP contribution >= 0.6 is 0 Å². The van der Waals surface area contributed by atoms with Crippen LogP contribution in [-0.2, 0) is 4.79 Å². The molecule has 0 bridgehead atoms. The fraction of sp³-hybridized carbons (Fsp3) is 0.333. The minimum Gasteiger partial charge on any atom is -0.321 e. The van der Waals surface area contributed by atoms with E-state index in [1.54, 1.807) is 0 Å². The van der Waals surface area contributed by atoms with Crippen molar-refractivity contribution in [1.82, 2.24) is 0 Å². The quantitative estimate of drug-likeness (QED) is 0.412. The first kappa shape index (κ1) is 4.63. The number of rotatable bonds is 1. The number of hydrogen-bond donors (Lipinski definition) is 1. The van der Waals surface area contributed by atoms with Crippen LogP contribution in [0.5, 0.6) is 0 Å². The molecule has 0 saturated heterocycles. The Balaban J connectivity index is 2.83. The average Bonchev–Trinajstić information content (AvgIpc) is 1.38. The first-order valence-electron chi connectivity index (χ1n) is 1.24. The number of aldehydes is 1. The van der Waals surface area contributed by atoms with Gasteiger partial charge >= 0.3 is 0 Å². The Morgan fingerprint density at radius 3 is 2.20 bits per heavy atom. The van der Waals surface area contributed by atoms with Crippen LogP contribution in [0.4, 0.5) is 0 Å². The van der Waals surface area contributed by atoms with Gasteiger partial charge in [0.2, 0.25) is 0 Å². The van der Waals surface area contributed by atoms with E-state index in [0.717, 1.165) is 0 Å². The van der Waals surface area contributed by atoms with Crippen molar-refractivity contribution < 1.29 is 4.79 Å². The molecule has 1 atom stereocenters. The number of hydrogen-bond acceptors (Lipinski definition) is 2. The molecular weight excluding hydrogens is 66.0 g/mol. The fourth-order valence-electron chi connectivity index (χ4n) is 0. The van der Waals surface area contributed by atoms with Gasteiger partial charge in [0.05, 0.1) is 6.04 Å². The molecule has 2 heteroatoms. The summed E-state index contributed by atoms with van der Waals surface area (Å²) in [5.74, 6) is 0. The molecule has 5 heavy (non-hydrogen) atoms. The predicted octanol–water partition coefficient (Wildman–Crippen LogP) is -0.776. The van der Waals surface area contributed by atoms with Crippen LogP contribution in [0.15, 0.2) is 0 Å². The summed E-state index contributed by atoms with van der Waals surface area (Å²) >= 11 is 0. The van der Waals surface area contributed by atoms with Crippen molar-refractivity contribution in [1.29, 1.82) is 0 Å². The molecule has 0 spiro atoms. The van der Waals surface area contributed by atoms with Gasteiger partial charge in [-0.3, -0.25) is 0 Å². The second-order valence-corrected chi connectivity index (χ2v) is 0.713. The molecule has 1 unspecified atom stereocenters. The van der Waals surface area contributed by atoms with Crippen molar-refractivity contribution in [2.24, 2.45) is 5.73 Å². The Hall–Kier alpha value is -0.370. The monoisotopic (exact) mass is 71.0 g/mol. The highest BCUT2D eigenvalue weighted by Gasteiger charge is 1.80. The van der Waals surface area contributed by atoms with Crippen LogP contribution in [0.1, 0.15) is 0 Å². The van der Waals surface area contributed by atoms with Gasteiger partial charge in [0, 0.05) is 0 Å². The van der Waals surface area contributed by atoms with Crippen molar-refractivity contribution in [2.75, 3.05) is 0 Å². The maximum Gasteiger partial charge on any atom is 0.136 e. The van der Waals surface area contributed by atoms with Crippen molar-refractivity contribution in [3.63, 3.8) is 0 Å². The maximum absolute atomic E-state index is 9.25. The van der Waals surface area contributed by atoms with Crippen molar-refractivity contribution in [3.05, 3.63) is 6.92 Å². The molecular formula is C3H5NO. The molecule has 28 valence electrons. The molecule has 0 aromatic rings. The highest BCUT2D eigenvalue weighted by atomic mass is 16.1. The van der Waals surface area contributed by atoms with E-state index in [2.05, 4.69) is 0 Å². The van der Waals surface area contributed by atoms with Gasteiger partial charge in [0.15, 0.2) is 0 Å². The smallest absolute Gasteiger partial charge is 0.136 e. The van der Waals surface area contributed by atoms with E-state index in [-0.39, 0.29) is 0 Å². The van der Waals surface area contributed by atoms with Crippen LogP contribution < -0.4 is 5.73 Å². The number of carbonyl (C=O) groups is 1. The molecule has 0 aliphatic heterocycles. The molecule has 0 heterocycles. The standard InChI is InChI=1S/C3H5NO/c1-3(4)2-5/h1-3H,4H2. The third-order valence-corrected chi connectivity index (χ3v) is 0.157. The SMILES string of the molecule is [CH]C(N)C=O. The summed E-state index contributed by atoms with van der Waals surface area (Å²) in [4.78, 5) is 9.25. The predicted molar refractivity (Wildman–Crippen MR) is 18.3 cm³/mol. The minimum absolute atomic E-state index is 0.472. The fourth-order valence-corrected chi connectivity index (χ4v) is 0. The van der Waals surface area contributed by atoms with Gasteiger partial charge in [-0.2, -0.15) is 0 Å². The zero-order valence-corrected chi connectivity index (χ0v) is 2.72. The van der Waals surface area contributed by atoms with Crippen LogP contribution in [0, 0.1) is 6.92 Å². The van der Waals surface area contributed by atoms with E-state index >= 15 is 0 Å². The van der Waals surface area contributed by atoms with Crippen LogP contribution in [0.3, 0.4) is 0 Å². The highest BCUT2D eigenvalue weighted by Crippen LogP contribution is 1.54. The largest absolute Gasteiger partial charge is 0.321 e. The lowest BCUT2D eigenvalue weighted by Crippen LogP contribution is -2.15. The normalized spacial score (nSPS) is 14.0. The van der Waals surface area contributed by atoms with E-state index in [1.165, 1.54) is 0 Å². The summed E-state index contributed by atoms with van der Waals surface area (Å²) in [7, 11) is 0. The van der Waals surface area contributed by atoms with E-state index in [9.17, 15) is 4.79 Å². The Morgan fingerprint density at radius 2 is 2.20 bits per heavy atom. The molecule has 2 radical (unpaired) electrons. The third kappa shape index (κ3) is 3.63. The molecule has 0 rings (SSSR count). The number of carbonyl (C=O) groups excluding carboxylic acids is 1. The van der Waals surface area contributed by atoms with Gasteiger partial charge in [-0.1, -0.05) is 0 Å². The lowest BCUT2D eigenvalue weighted by Gasteiger charge is -1.80. The van der Waals surface area contributed by atoms with E-state index in [4.69, 9.17) is 12.7 Å². The van der Waals surface area contributed by atoms with Crippen LogP contribution in [0.2, 0.25) is 0 Å². The van der Waals surface area contributed by atoms with Gasteiger partial charge in [0.25, 0.3) is 0 Å². The van der Waals surface area contributed by atoms with E-state index in [1.807, 2.05) is 0 Å². The first-order chi connectivity index (χ1) is 2.27. The Kier molecular flexibility index (Phi) is 1.76.